The molecule has 5 atom stereocenters. The smallest absolute Gasteiger partial charge is 0.462 e. The lowest BCUT2D eigenvalue weighted by Gasteiger charge is -2.21. The molecule has 19 heteroatoms. The molecule has 0 aromatic rings. The Hall–Kier alpha value is -4.02. The zero-order chi connectivity index (χ0) is 73.2. The van der Waals surface area contributed by atoms with Gasteiger partial charge in [-0.05, 0) is 141 Å². The minimum Gasteiger partial charge on any atom is -0.462 e. The van der Waals surface area contributed by atoms with Crippen LogP contribution in [0.25, 0.3) is 0 Å². The summed E-state index contributed by atoms with van der Waals surface area (Å²) in [5.74, 6) is -2.26. The quantitative estimate of drug-likeness (QED) is 0.0128. The van der Waals surface area contributed by atoms with Crippen LogP contribution < -0.4 is 0 Å². The molecule has 0 radical (unpaired) electrons. The van der Waals surface area contributed by atoms with Crippen molar-refractivity contribution < 1.29 is 80.2 Å². The van der Waals surface area contributed by atoms with Crippen molar-refractivity contribution in [3.63, 3.8) is 0 Å². The number of carbonyl (C=O) groups is 4. The summed E-state index contributed by atoms with van der Waals surface area (Å²) in [6, 6.07) is 0. The molecule has 0 saturated heterocycles. The van der Waals surface area contributed by atoms with E-state index < -0.39 is 97.5 Å². The highest BCUT2D eigenvalue weighted by Crippen LogP contribution is 2.45. The molecule has 0 amide bonds. The highest BCUT2D eigenvalue weighted by Gasteiger charge is 2.30. The van der Waals surface area contributed by atoms with E-state index in [0.29, 0.717) is 32.1 Å². The molecule has 0 aliphatic heterocycles. The third kappa shape index (κ3) is 72.3. The summed E-state index contributed by atoms with van der Waals surface area (Å²) in [6.07, 6.45) is 76.8. The Kier molecular flexibility index (Phi) is 70.4. The van der Waals surface area contributed by atoms with Crippen LogP contribution in [-0.4, -0.2) is 96.7 Å². The van der Waals surface area contributed by atoms with E-state index in [1.807, 2.05) is 12.2 Å². The molecule has 0 aliphatic carbocycles. The first-order valence-electron chi connectivity index (χ1n) is 39.5. The van der Waals surface area contributed by atoms with Crippen molar-refractivity contribution in [3.05, 3.63) is 97.2 Å². The highest BCUT2D eigenvalue weighted by molar-refractivity contribution is 7.47. The first-order valence-corrected chi connectivity index (χ1v) is 42.5. The Morgan fingerprint density at radius 2 is 0.530 bits per heavy atom. The van der Waals surface area contributed by atoms with Crippen LogP contribution in [0, 0.1) is 0 Å². The highest BCUT2D eigenvalue weighted by atomic mass is 31.2. The molecule has 3 N–H and O–H groups in total. The zero-order valence-electron chi connectivity index (χ0n) is 63.1. The second-order valence-corrected chi connectivity index (χ2v) is 29.2. The van der Waals surface area contributed by atoms with Crippen LogP contribution in [0.2, 0.25) is 0 Å². The van der Waals surface area contributed by atoms with E-state index in [2.05, 4.69) is 113 Å². The van der Waals surface area contributed by atoms with Gasteiger partial charge in [-0.2, -0.15) is 0 Å². The van der Waals surface area contributed by atoms with E-state index in [4.69, 9.17) is 37.0 Å². The first kappa shape index (κ1) is 96.0. The molecule has 0 rings (SSSR count). The van der Waals surface area contributed by atoms with Gasteiger partial charge in [-0.3, -0.25) is 37.3 Å². The van der Waals surface area contributed by atoms with Crippen LogP contribution in [-0.2, 0) is 65.4 Å². The molecule has 100 heavy (non-hydrogen) atoms. The maximum atomic E-state index is 13.1. The summed E-state index contributed by atoms with van der Waals surface area (Å²) >= 11 is 0. The minimum absolute atomic E-state index is 0.0174. The molecule has 578 valence electrons. The van der Waals surface area contributed by atoms with Gasteiger partial charge in [-0.15, -0.1) is 0 Å². The number of aliphatic hydroxyl groups is 1. The fourth-order valence-corrected chi connectivity index (χ4v) is 12.0. The third-order valence-corrected chi connectivity index (χ3v) is 18.4. The summed E-state index contributed by atoms with van der Waals surface area (Å²) in [5.41, 5.74) is 0. The van der Waals surface area contributed by atoms with E-state index in [-0.39, 0.29) is 25.7 Å². The second kappa shape index (κ2) is 73.3. The number of rotatable bonds is 74. The average Bonchev–Trinajstić information content (AvgIpc) is 1.13. The molecule has 0 aliphatic rings. The van der Waals surface area contributed by atoms with Gasteiger partial charge in [-0.1, -0.05) is 266 Å². The molecule has 0 spiro atoms. The van der Waals surface area contributed by atoms with Crippen LogP contribution >= 0.6 is 15.6 Å². The van der Waals surface area contributed by atoms with Crippen molar-refractivity contribution in [3.8, 4) is 0 Å². The summed E-state index contributed by atoms with van der Waals surface area (Å²) in [4.78, 5) is 72.9. The van der Waals surface area contributed by atoms with Gasteiger partial charge in [0.1, 0.15) is 19.3 Å². The van der Waals surface area contributed by atoms with Crippen LogP contribution in [0.15, 0.2) is 97.2 Å². The normalized spacial score (nSPS) is 14.4. The van der Waals surface area contributed by atoms with E-state index in [1.165, 1.54) is 109 Å². The van der Waals surface area contributed by atoms with Crippen LogP contribution in [0.1, 0.15) is 336 Å². The predicted octanol–water partition coefficient (Wildman–Crippen LogP) is 22.8. The second-order valence-electron chi connectivity index (χ2n) is 26.3. The summed E-state index contributed by atoms with van der Waals surface area (Å²) in [5, 5.41) is 10.6. The van der Waals surface area contributed by atoms with Gasteiger partial charge in [-0.25, -0.2) is 9.13 Å². The van der Waals surface area contributed by atoms with E-state index in [1.54, 1.807) is 0 Å². The molecule has 0 aromatic heterocycles. The number of aliphatic hydroxyl groups excluding tert-OH is 1. The Labute approximate surface area is 607 Å². The minimum atomic E-state index is -4.99. The number of ether oxygens (including phenoxy) is 4. The third-order valence-electron chi connectivity index (χ3n) is 16.5. The molecular formula is C81H142O17P2. The van der Waals surface area contributed by atoms with Crippen molar-refractivity contribution in [1.82, 2.24) is 0 Å². The van der Waals surface area contributed by atoms with Crippen LogP contribution in [0.5, 0.6) is 0 Å². The molecule has 0 fully saturated rings. The Morgan fingerprint density at radius 3 is 0.890 bits per heavy atom. The number of allylic oxidation sites excluding steroid dienone is 16. The Balaban J connectivity index is 5.42. The van der Waals surface area contributed by atoms with Gasteiger partial charge in [0, 0.05) is 25.7 Å². The van der Waals surface area contributed by atoms with Crippen molar-refractivity contribution in [2.45, 2.75) is 354 Å². The molecule has 0 aromatic carbocycles. The van der Waals surface area contributed by atoms with E-state index in [0.717, 1.165) is 141 Å². The van der Waals surface area contributed by atoms with E-state index >= 15 is 0 Å². The molecule has 0 bridgehead atoms. The average molecular weight is 1450 g/mol. The topological polar surface area (TPSA) is 237 Å². The van der Waals surface area contributed by atoms with Crippen LogP contribution in [0.3, 0.4) is 0 Å². The number of hydrogen-bond donors (Lipinski definition) is 3. The van der Waals surface area contributed by atoms with Gasteiger partial charge < -0.3 is 33.8 Å². The van der Waals surface area contributed by atoms with Crippen molar-refractivity contribution in [2.75, 3.05) is 39.6 Å². The molecule has 17 nitrogen and oxygen atoms in total. The number of phosphoric ester groups is 2. The monoisotopic (exact) mass is 1450 g/mol. The number of carbonyl (C=O) groups excluding carboxylic acids is 4. The lowest BCUT2D eigenvalue weighted by atomic mass is 10.1. The van der Waals surface area contributed by atoms with Gasteiger partial charge in [0.05, 0.1) is 26.4 Å². The van der Waals surface area contributed by atoms with Crippen molar-refractivity contribution in [2.24, 2.45) is 0 Å². The lowest BCUT2D eigenvalue weighted by Crippen LogP contribution is -2.30. The summed E-state index contributed by atoms with van der Waals surface area (Å²) < 4.78 is 68.5. The van der Waals surface area contributed by atoms with Crippen molar-refractivity contribution >= 4 is 39.5 Å². The maximum absolute atomic E-state index is 13.1. The number of hydrogen-bond acceptors (Lipinski definition) is 15. The maximum Gasteiger partial charge on any atom is 0.472 e. The number of esters is 4. The summed E-state index contributed by atoms with van der Waals surface area (Å²) in [6.45, 7) is 4.73. The molecular weight excluding hydrogens is 1310 g/mol. The predicted molar refractivity (Wildman–Crippen MR) is 409 cm³/mol. The number of unbranched alkanes of at least 4 members (excludes halogenated alkanes) is 33. The van der Waals surface area contributed by atoms with Gasteiger partial charge in [0.15, 0.2) is 12.2 Å². The van der Waals surface area contributed by atoms with Gasteiger partial charge in [0.25, 0.3) is 0 Å². The lowest BCUT2D eigenvalue weighted by molar-refractivity contribution is -0.161. The molecule has 2 unspecified atom stereocenters. The van der Waals surface area contributed by atoms with Gasteiger partial charge >= 0.3 is 39.5 Å². The fourth-order valence-electron chi connectivity index (χ4n) is 10.4. The van der Waals surface area contributed by atoms with Crippen LogP contribution in [0.4, 0.5) is 0 Å². The SMILES string of the molecule is CCCCC/C=C\C/C=C\C/C=C\C/C=C\CCCC(=O)O[C@H](COC(=O)CCCCCCC/C=C\CCCCCC)COP(=O)(O)OC[C@@H](O)COP(=O)(O)OC[C@@H](COC(=O)CCCCCCC/C=C\CCCCCCCC)OC(=O)CCCCCCC/C=C\C=C/CCCCCC. The molecule has 0 saturated carbocycles. The fraction of sp³-hybridized carbons (Fsp3) is 0.753. The van der Waals surface area contributed by atoms with Crippen molar-refractivity contribution in [1.29, 1.82) is 0 Å². The zero-order valence-corrected chi connectivity index (χ0v) is 64.9. The van der Waals surface area contributed by atoms with Gasteiger partial charge in [0.2, 0.25) is 0 Å². The Morgan fingerprint density at radius 1 is 0.290 bits per heavy atom. The first-order chi connectivity index (χ1) is 48.7. The Bertz CT molecular complexity index is 2270. The molecule has 0 heterocycles. The summed E-state index contributed by atoms with van der Waals surface area (Å²) in [7, 11) is -9.97. The number of phosphoric acid groups is 2. The van der Waals surface area contributed by atoms with E-state index in [9.17, 15) is 43.2 Å². The largest absolute Gasteiger partial charge is 0.472 e. The standard InChI is InChI=1S/C81H142O17P2/c1-5-9-13-17-21-25-29-33-36-37-40-44-48-52-56-60-64-68-81(86)98-76(71-91-78(83)65-61-57-53-49-45-41-32-28-24-20-16-12-8-4)73-95-99(87,88)93-69-75(82)70-94-100(89,90)96-74-77(97-80(85)67-63-59-55-51-47-43-39-35-31-27-23-19-15-11-7-3)72-92-79(84)66-62-58-54-50-46-42-38-34-30-26-22-18-14-10-6-2/h21,25,27-28,31-36,38-40,44,52,56,75-77,82H,5-20,22-24,26,29-30,37,41-43,45-51,53-55,57-74H2,1-4H3,(H,87,88)(H,89,90)/b25-21-,31-27-,32-28-,36-33-,38-34-,39-35-,44-40-,56-52-/t75-,76-,77-/m1/s1.